The Labute approximate surface area is 144 Å². The topological polar surface area (TPSA) is 96.2 Å². The summed E-state index contributed by atoms with van der Waals surface area (Å²) in [6, 6.07) is 13.6. The first-order valence-corrected chi connectivity index (χ1v) is 7.89. The lowest BCUT2D eigenvalue weighted by molar-refractivity contribution is -0.117. The lowest BCUT2D eigenvalue weighted by Crippen LogP contribution is -2.39. The van der Waals surface area contributed by atoms with Gasteiger partial charge < -0.3 is 11.1 Å². The first-order valence-electron chi connectivity index (χ1n) is 7.51. The number of anilines is 1. The second kappa shape index (κ2) is 7.00. The van der Waals surface area contributed by atoms with Crippen molar-refractivity contribution in [2.45, 2.75) is 18.5 Å². The molecule has 0 aliphatic carbocycles. The number of halogens is 1. The van der Waals surface area contributed by atoms with Gasteiger partial charge in [-0.2, -0.15) is 0 Å². The lowest BCUT2D eigenvalue weighted by atomic mass is 10.0. The van der Waals surface area contributed by atoms with E-state index in [1.54, 1.807) is 24.3 Å². The van der Waals surface area contributed by atoms with Gasteiger partial charge in [0.1, 0.15) is 6.04 Å². The molecule has 7 heteroatoms. The molecule has 124 valence electrons. The molecule has 2 aromatic carbocycles. The van der Waals surface area contributed by atoms with Gasteiger partial charge in [-0.3, -0.25) is 9.59 Å². The van der Waals surface area contributed by atoms with Crippen molar-refractivity contribution in [3.63, 3.8) is 0 Å². The maximum Gasteiger partial charge on any atom is 0.250 e. The van der Waals surface area contributed by atoms with Crippen LogP contribution in [0.1, 0.15) is 28.4 Å². The summed E-state index contributed by atoms with van der Waals surface area (Å²) in [5.74, 6) is -0.830. The van der Waals surface area contributed by atoms with E-state index in [1.807, 2.05) is 24.3 Å². The van der Waals surface area contributed by atoms with Crippen LogP contribution in [-0.4, -0.2) is 17.9 Å². The number of hydrazine groups is 1. The molecule has 0 spiro atoms. The van der Waals surface area contributed by atoms with Crippen molar-refractivity contribution in [1.29, 1.82) is 0 Å². The summed E-state index contributed by atoms with van der Waals surface area (Å²) in [4.78, 5) is 23.9. The highest BCUT2D eigenvalue weighted by atomic mass is 35.5. The Bertz CT molecular complexity index is 781. The number of carbonyl (C=O) groups excluding carboxylic acids is 2. The van der Waals surface area contributed by atoms with Crippen LogP contribution in [0, 0.1) is 0 Å². The van der Waals surface area contributed by atoms with Crippen LogP contribution in [-0.2, 0) is 4.79 Å². The summed E-state index contributed by atoms with van der Waals surface area (Å²) >= 11 is 6.20. The molecule has 1 fully saturated rings. The first kappa shape index (κ1) is 16.4. The molecule has 24 heavy (non-hydrogen) atoms. The van der Waals surface area contributed by atoms with Crippen LogP contribution in [0.2, 0.25) is 5.02 Å². The molecule has 1 saturated heterocycles. The van der Waals surface area contributed by atoms with E-state index in [1.165, 1.54) is 0 Å². The zero-order chi connectivity index (χ0) is 17.1. The van der Waals surface area contributed by atoms with E-state index in [4.69, 9.17) is 17.3 Å². The van der Waals surface area contributed by atoms with Crippen molar-refractivity contribution in [3.05, 3.63) is 64.7 Å². The normalized spacial score (nSPS) is 19.9. The van der Waals surface area contributed by atoms with Crippen LogP contribution in [0.15, 0.2) is 48.5 Å². The quantitative estimate of drug-likeness (QED) is 0.682. The van der Waals surface area contributed by atoms with Crippen molar-refractivity contribution in [1.82, 2.24) is 10.9 Å². The second-order valence-electron chi connectivity index (χ2n) is 5.55. The van der Waals surface area contributed by atoms with Crippen molar-refractivity contribution in [3.8, 4) is 0 Å². The summed E-state index contributed by atoms with van der Waals surface area (Å²) in [5, 5.41) is 3.40. The molecule has 1 heterocycles. The zero-order valence-corrected chi connectivity index (χ0v) is 13.5. The molecular weight excluding hydrogens is 328 g/mol. The summed E-state index contributed by atoms with van der Waals surface area (Å²) < 4.78 is 0. The van der Waals surface area contributed by atoms with Gasteiger partial charge in [0.25, 0.3) is 5.91 Å². The average Bonchev–Trinajstić information content (AvgIpc) is 3.05. The molecule has 2 aromatic rings. The molecule has 1 aliphatic rings. The minimum Gasteiger partial charge on any atom is -0.366 e. The van der Waals surface area contributed by atoms with Gasteiger partial charge in [0, 0.05) is 11.1 Å². The van der Waals surface area contributed by atoms with Gasteiger partial charge in [0.2, 0.25) is 5.91 Å². The molecule has 6 nitrogen and oxygen atoms in total. The fourth-order valence-corrected chi connectivity index (χ4v) is 2.98. The Morgan fingerprint density at radius 1 is 1.08 bits per heavy atom. The van der Waals surface area contributed by atoms with Crippen LogP contribution >= 0.6 is 11.6 Å². The van der Waals surface area contributed by atoms with Gasteiger partial charge >= 0.3 is 0 Å². The van der Waals surface area contributed by atoms with Crippen LogP contribution in [0.4, 0.5) is 5.69 Å². The van der Waals surface area contributed by atoms with E-state index in [0.29, 0.717) is 17.1 Å². The zero-order valence-electron chi connectivity index (χ0n) is 12.8. The third-order valence-electron chi connectivity index (χ3n) is 3.95. The highest BCUT2D eigenvalue weighted by Gasteiger charge is 2.31. The molecule has 0 saturated carbocycles. The maximum atomic E-state index is 12.5. The molecule has 0 bridgehead atoms. The highest BCUT2D eigenvalue weighted by molar-refractivity contribution is 6.31. The maximum absolute atomic E-state index is 12.5. The van der Waals surface area contributed by atoms with Gasteiger partial charge in [-0.05, 0) is 30.2 Å². The minimum absolute atomic E-state index is 0.0687. The summed E-state index contributed by atoms with van der Waals surface area (Å²) in [7, 11) is 0. The largest absolute Gasteiger partial charge is 0.366 e. The molecule has 5 N–H and O–H groups in total. The molecule has 1 aliphatic heterocycles. The number of nitrogens with two attached hydrogens (primary N) is 1. The predicted octanol–water partition coefficient (Wildman–Crippen LogP) is 1.99. The van der Waals surface area contributed by atoms with Crippen molar-refractivity contribution < 1.29 is 9.59 Å². The van der Waals surface area contributed by atoms with Gasteiger partial charge in [-0.1, -0.05) is 41.9 Å². The number of nitrogens with one attached hydrogen (secondary N) is 3. The monoisotopic (exact) mass is 344 g/mol. The van der Waals surface area contributed by atoms with E-state index in [-0.39, 0.29) is 17.5 Å². The number of rotatable bonds is 4. The Morgan fingerprint density at radius 2 is 1.79 bits per heavy atom. The highest BCUT2D eigenvalue weighted by Crippen LogP contribution is 2.28. The number of para-hydroxylation sites is 1. The summed E-state index contributed by atoms with van der Waals surface area (Å²) in [6.07, 6.45) is 0.536. The minimum atomic E-state index is -0.586. The summed E-state index contributed by atoms with van der Waals surface area (Å²) in [6.45, 7) is 0. The van der Waals surface area contributed by atoms with E-state index >= 15 is 0 Å². The van der Waals surface area contributed by atoms with Crippen molar-refractivity contribution in [2.75, 3.05) is 5.32 Å². The molecule has 0 aromatic heterocycles. The average molecular weight is 345 g/mol. The Kier molecular flexibility index (Phi) is 4.80. The number of benzene rings is 2. The molecule has 2 atom stereocenters. The fraction of sp³-hybridized carbons (Fsp3) is 0.176. The number of primary amides is 1. The number of hydrogen-bond donors (Lipinski definition) is 4. The SMILES string of the molecule is NC(=O)c1ccccc1NC(=O)C1CC(c2ccccc2Cl)NN1. The van der Waals surface area contributed by atoms with E-state index in [9.17, 15) is 9.59 Å². The van der Waals surface area contributed by atoms with Crippen LogP contribution < -0.4 is 21.9 Å². The van der Waals surface area contributed by atoms with Gasteiger partial charge in [-0.25, -0.2) is 10.9 Å². The lowest BCUT2D eigenvalue weighted by Gasteiger charge is -2.13. The van der Waals surface area contributed by atoms with E-state index < -0.39 is 11.9 Å². The third-order valence-corrected chi connectivity index (χ3v) is 4.29. The van der Waals surface area contributed by atoms with Crippen LogP contribution in [0.5, 0.6) is 0 Å². The fourth-order valence-electron chi connectivity index (χ4n) is 2.72. The van der Waals surface area contributed by atoms with Gasteiger partial charge in [-0.15, -0.1) is 0 Å². The molecule has 0 radical (unpaired) electrons. The van der Waals surface area contributed by atoms with Crippen molar-refractivity contribution >= 4 is 29.1 Å². The number of amides is 2. The number of hydrogen-bond acceptors (Lipinski definition) is 4. The predicted molar refractivity (Wildman–Crippen MR) is 92.5 cm³/mol. The van der Waals surface area contributed by atoms with E-state index in [2.05, 4.69) is 16.2 Å². The Morgan fingerprint density at radius 3 is 2.54 bits per heavy atom. The first-order chi connectivity index (χ1) is 11.6. The molecule has 2 unspecified atom stereocenters. The van der Waals surface area contributed by atoms with E-state index in [0.717, 1.165) is 5.56 Å². The Balaban J connectivity index is 1.70. The van der Waals surface area contributed by atoms with Crippen molar-refractivity contribution in [2.24, 2.45) is 5.73 Å². The third kappa shape index (κ3) is 3.41. The summed E-state index contributed by atoms with van der Waals surface area (Å²) in [5.41, 5.74) is 13.0. The molecular formula is C17H17ClN4O2. The van der Waals surface area contributed by atoms with Crippen LogP contribution in [0.25, 0.3) is 0 Å². The van der Waals surface area contributed by atoms with Crippen LogP contribution in [0.3, 0.4) is 0 Å². The molecule has 2 amide bonds. The molecule has 3 rings (SSSR count). The smallest absolute Gasteiger partial charge is 0.250 e. The second-order valence-corrected chi connectivity index (χ2v) is 5.96. The van der Waals surface area contributed by atoms with Gasteiger partial charge in [0.15, 0.2) is 0 Å². The van der Waals surface area contributed by atoms with Gasteiger partial charge in [0.05, 0.1) is 11.3 Å². The standard InChI is InChI=1S/C17H17ClN4O2/c18-12-7-3-1-5-10(12)14-9-15(22-21-14)17(24)20-13-8-4-2-6-11(13)16(19)23/h1-8,14-15,21-22H,9H2,(H2,19,23)(H,20,24). The Hall–Kier alpha value is -2.41. The number of carbonyl (C=O) groups is 2.